The fraction of sp³-hybridized carbons (Fsp3) is 0.444. The molecule has 7 nitrogen and oxygen atoms in total. The normalized spacial score (nSPS) is 11.7. The number of ether oxygens (including phenoxy) is 1. The lowest BCUT2D eigenvalue weighted by Gasteiger charge is -2.18. The van der Waals surface area contributed by atoms with Crippen molar-refractivity contribution in [1.82, 2.24) is 15.2 Å². The van der Waals surface area contributed by atoms with Crippen molar-refractivity contribution in [2.24, 2.45) is 5.10 Å². The van der Waals surface area contributed by atoms with Gasteiger partial charge >= 0.3 is 5.69 Å². The Bertz CT molecular complexity index is 760. The SMILES string of the molecule is CCCCOc1ccc(/C=N/Nc2nc(=O)[nH]nc2C(C)(C)C)cc1. The molecule has 134 valence electrons. The fourth-order valence-electron chi connectivity index (χ4n) is 2.09. The van der Waals surface area contributed by atoms with Crippen LogP contribution in [-0.2, 0) is 5.41 Å². The monoisotopic (exact) mass is 343 g/mol. The molecular formula is C18H25N5O2. The number of aromatic nitrogens is 3. The van der Waals surface area contributed by atoms with Crippen molar-refractivity contribution in [3.63, 3.8) is 0 Å². The summed E-state index contributed by atoms with van der Waals surface area (Å²) in [4.78, 5) is 15.3. The van der Waals surface area contributed by atoms with Crippen LogP contribution in [0.2, 0.25) is 0 Å². The first-order valence-corrected chi connectivity index (χ1v) is 8.39. The van der Waals surface area contributed by atoms with Gasteiger partial charge in [0.25, 0.3) is 0 Å². The van der Waals surface area contributed by atoms with Crippen molar-refractivity contribution >= 4 is 12.0 Å². The summed E-state index contributed by atoms with van der Waals surface area (Å²) in [6.45, 7) is 8.82. The number of H-pyrrole nitrogens is 1. The highest BCUT2D eigenvalue weighted by Crippen LogP contribution is 2.24. The Morgan fingerprint density at radius 1 is 1.28 bits per heavy atom. The summed E-state index contributed by atoms with van der Waals surface area (Å²) < 4.78 is 5.62. The summed E-state index contributed by atoms with van der Waals surface area (Å²) in [6.07, 6.45) is 3.81. The zero-order valence-corrected chi connectivity index (χ0v) is 15.2. The zero-order chi connectivity index (χ0) is 18.3. The lowest BCUT2D eigenvalue weighted by atomic mass is 9.92. The van der Waals surface area contributed by atoms with Gasteiger partial charge in [-0.15, -0.1) is 0 Å². The largest absolute Gasteiger partial charge is 0.494 e. The van der Waals surface area contributed by atoms with Gasteiger partial charge in [0.1, 0.15) is 11.4 Å². The maximum absolute atomic E-state index is 11.4. The molecule has 0 aliphatic rings. The van der Waals surface area contributed by atoms with Crippen molar-refractivity contribution in [3.05, 3.63) is 46.0 Å². The van der Waals surface area contributed by atoms with Crippen molar-refractivity contribution in [2.75, 3.05) is 12.0 Å². The van der Waals surface area contributed by atoms with Crippen LogP contribution in [0.1, 0.15) is 51.8 Å². The first-order valence-electron chi connectivity index (χ1n) is 8.39. The van der Waals surface area contributed by atoms with E-state index in [2.05, 4.69) is 32.6 Å². The number of nitrogens with zero attached hydrogens (tertiary/aromatic N) is 3. The number of anilines is 1. The van der Waals surface area contributed by atoms with Gasteiger partial charge in [0.2, 0.25) is 0 Å². The summed E-state index contributed by atoms with van der Waals surface area (Å²) in [5.41, 5.74) is 3.57. The number of hydrogen-bond acceptors (Lipinski definition) is 6. The Hall–Kier alpha value is -2.70. The third kappa shape index (κ3) is 5.70. The molecule has 0 atom stereocenters. The minimum atomic E-state index is -0.515. The van der Waals surface area contributed by atoms with Crippen LogP contribution < -0.4 is 15.9 Å². The summed E-state index contributed by atoms with van der Waals surface area (Å²) in [5, 5.41) is 10.6. The minimum Gasteiger partial charge on any atom is -0.494 e. The molecule has 2 aromatic rings. The second kappa shape index (κ2) is 8.41. The van der Waals surface area contributed by atoms with E-state index in [4.69, 9.17) is 4.74 Å². The highest BCUT2D eigenvalue weighted by atomic mass is 16.5. The van der Waals surface area contributed by atoms with E-state index in [0.29, 0.717) is 11.5 Å². The Morgan fingerprint density at radius 2 is 2.00 bits per heavy atom. The average Bonchev–Trinajstić information content (AvgIpc) is 2.55. The number of aromatic amines is 1. The highest BCUT2D eigenvalue weighted by Gasteiger charge is 2.21. The Kier molecular flexibility index (Phi) is 6.27. The van der Waals surface area contributed by atoms with E-state index in [0.717, 1.165) is 30.8 Å². The molecule has 1 heterocycles. The van der Waals surface area contributed by atoms with Crippen LogP contribution in [-0.4, -0.2) is 28.0 Å². The Balaban J connectivity index is 2.04. The fourth-order valence-corrected chi connectivity index (χ4v) is 2.09. The second-order valence-electron chi connectivity index (χ2n) is 6.73. The lowest BCUT2D eigenvalue weighted by molar-refractivity contribution is 0.309. The molecule has 0 saturated carbocycles. The van der Waals surface area contributed by atoms with Gasteiger partial charge in [0, 0.05) is 5.41 Å². The first kappa shape index (κ1) is 18.6. The number of hydrogen-bond donors (Lipinski definition) is 2. The summed E-state index contributed by atoms with van der Waals surface area (Å²) in [6, 6.07) is 7.65. The number of benzene rings is 1. The molecular weight excluding hydrogens is 318 g/mol. The topological polar surface area (TPSA) is 92.3 Å². The minimum absolute atomic E-state index is 0.271. The van der Waals surface area contributed by atoms with E-state index in [1.807, 2.05) is 45.0 Å². The molecule has 25 heavy (non-hydrogen) atoms. The molecule has 0 radical (unpaired) electrons. The van der Waals surface area contributed by atoms with Gasteiger partial charge in [-0.2, -0.15) is 15.2 Å². The summed E-state index contributed by atoms with van der Waals surface area (Å²) in [7, 11) is 0. The van der Waals surface area contributed by atoms with Gasteiger partial charge in [0.05, 0.1) is 12.8 Å². The van der Waals surface area contributed by atoms with E-state index < -0.39 is 5.69 Å². The maximum Gasteiger partial charge on any atom is 0.363 e. The average molecular weight is 343 g/mol. The van der Waals surface area contributed by atoms with Crippen LogP contribution in [0, 0.1) is 0 Å². The van der Waals surface area contributed by atoms with E-state index in [-0.39, 0.29) is 5.41 Å². The molecule has 7 heteroatoms. The third-order valence-electron chi connectivity index (χ3n) is 3.44. The molecule has 0 bridgehead atoms. The van der Waals surface area contributed by atoms with Crippen molar-refractivity contribution in [1.29, 1.82) is 0 Å². The van der Waals surface area contributed by atoms with Gasteiger partial charge < -0.3 is 4.74 Å². The van der Waals surface area contributed by atoms with E-state index >= 15 is 0 Å². The number of rotatable bonds is 7. The smallest absolute Gasteiger partial charge is 0.363 e. The maximum atomic E-state index is 11.4. The molecule has 0 amide bonds. The third-order valence-corrected chi connectivity index (χ3v) is 3.44. The summed E-state index contributed by atoms with van der Waals surface area (Å²) >= 11 is 0. The Labute approximate surface area is 147 Å². The van der Waals surface area contributed by atoms with Crippen LogP contribution in [0.5, 0.6) is 5.75 Å². The molecule has 1 aromatic carbocycles. The van der Waals surface area contributed by atoms with Gasteiger partial charge in [-0.25, -0.2) is 9.89 Å². The number of nitrogens with one attached hydrogen (secondary N) is 2. The molecule has 0 saturated heterocycles. The lowest BCUT2D eigenvalue weighted by Crippen LogP contribution is -2.24. The predicted molar refractivity (Wildman–Crippen MR) is 99.4 cm³/mol. The van der Waals surface area contributed by atoms with E-state index in [1.165, 1.54) is 0 Å². The van der Waals surface area contributed by atoms with Gasteiger partial charge in [0.15, 0.2) is 5.82 Å². The number of unbranched alkanes of at least 4 members (excludes halogenated alkanes) is 1. The number of hydrazone groups is 1. The standard InChI is InChI=1S/C18H25N5O2/c1-5-6-11-25-14-9-7-13(8-10-14)12-19-22-16-15(18(2,3)4)21-23-17(24)20-16/h7-10,12H,5-6,11H2,1-4H3,(H2,20,22,23,24)/b19-12+. The molecule has 0 fully saturated rings. The molecule has 1 aromatic heterocycles. The molecule has 2 rings (SSSR count). The molecule has 0 unspecified atom stereocenters. The van der Waals surface area contributed by atoms with Crippen LogP contribution >= 0.6 is 0 Å². The predicted octanol–water partition coefficient (Wildman–Crippen LogP) is 3.09. The Morgan fingerprint density at radius 3 is 2.64 bits per heavy atom. The summed E-state index contributed by atoms with van der Waals surface area (Å²) in [5.74, 6) is 1.20. The van der Waals surface area contributed by atoms with Crippen molar-refractivity contribution in [2.45, 2.75) is 46.0 Å². The van der Waals surface area contributed by atoms with Gasteiger partial charge in [-0.1, -0.05) is 34.1 Å². The highest BCUT2D eigenvalue weighted by molar-refractivity contribution is 5.80. The van der Waals surface area contributed by atoms with Crippen molar-refractivity contribution in [3.8, 4) is 5.75 Å². The van der Waals surface area contributed by atoms with Gasteiger partial charge in [-0.05, 0) is 36.2 Å². The van der Waals surface area contributed by atoms with Crippen molar-refractivity contribution < 1.29 is 4.74 Å². The van der Waals surface area contributed by atoms with E-state index in [9.17, 15) is 4.79 Å². The zero-order valence-electron chi connectivity index (χ0n) is 15.2. The second-order valence-corrected chi connectivity index (χ2v) is 6.73. The van der Waals surface area contributed by atoms with Crippen LogP contribution in [0.3, 0.4) is 0 Å². The molecule has 0 aliphatic carbocycles. The quantitative estimate of drug-likeness (QED) is 0.458. The molecule has 0 spiro atoms. The van der Waals surface area contributed by atoms with E-state index in [1.54, 1.807) is 6.21 Å². The van der Waals surface area contributed by atoms with Crippen LogP contribution in [0.25, 0.3) is 0 Å². The molecule has 2 N–H and O–H groups in total. The van der Waals surface area contributed by atoms with Crippen LogP contribution in [0.4, 0.5) is 5.82 Å². The van der Waals surface area contributed by atoms with Gasteiger partial charge in [-0.3, -0.25) is 5.43 Å². The first-order chi connectivity index (χ1) is 11.9. The molecule has 0 aliphatic heterocycles. The van der Waals surface area contributed by atoms with Crippen LogP contribution in [0.15, 0.2) is 34.2 Å².